The van der Waals surface area contributed by atoms with Crippen LogP contribution < -0.4 is 5.32 Å². The van der Waals surface area contributed by atoms with E-state index in [2.05, 4.69) is 20.3 Å². The number of amidine groups is 1. The minimum absolute atomic E-state index is 0.760. The van der Waals surface area contributed by atoms with Crippen LogP contribution in [0.3, 0.4) is 0 Å². The van der Waals surface area contributed by atoms with E-state index < -0.39 is 0 Å². The van der Waals surface area contributed by atoms with Crippen molar-refractivity contribution in [3.05, 3.63) is 53.1 Å². The summed E-state index contributed by atoms with van der Waals surface area (Å²) in [4.78, 5) is 11.4. The first-order valence-corrected chi connectivity index (χ1v) is 8.19. The van der Waals surface area contributed by atoms with E-state index in [1.54, 1.807) is 18.1 Å². The summed E-state index contributed by atoms with van der Waals surface area (Å²) in [6.45, 7) is 0.761. The Morgan fingerprint density at radius 1 is 1.38 bits per heavy atom. The van der Waals surface area contributed by atoms with Gasteiger partial charge in [-0.2, -0.15) is 0 Å². The number of aromatic nitrogens is 2. The van der Waals surface area contributed by atoms with Crippen molar-refractivity contribution < 1.29 is 0 Å². The molecule has 6 heteroatoms. The van der Waals surface area contributed by atoms with Gasteiger partial charge >= 0.3 is 0 Å². The molecule has 0 amide bonds. The van der Waals surface area contributed by atoms with Crippen molar-refractivity contribution in [1.29, 1.82) is 0 Å². The Morgan fingerprint density at radius 3 is 2.86 bits per heavy atom. The summed E-state index contributed by atoms with van der Waals surface area (Å²) in [5.41, 5.74) is 2.37. The van der Waals surface area contributed by atoms with Gasteiger partial charge in [-0.05, 0) is 30.5 Å². The normalized spacial score (nSPS) is 11.6. The van der Waals surface area contributed by atoms with E-state index in [0.717, 1.165) is 35.3 Å². The van der Waals surface area contributed by atoms with Gasteiger partial charge in [0.05, 0.1) is 6.33 Å². The van der Waals surface area contributed by atoms with Crippen LogP contribution >= 0.6 is 23.4 Å². The van der Waals surface area contributed by atoms with Crippen molar-refractivity contribution in [3.63, 3.8) is 0 Å². The molecule has 1 aromatic heterocycles. The number of imidazole rings is 1. The summed E-state index contributed by atoms with van der Waals surface area (Å²) < 4.78 is 0. The van der Waals surface area contributed by atoms with E-state index in [1.807, 2.05) is 37.5 Å². The van der Waals surface area contributed by atoms with Gasteiger partial charge in [0.25, 0.3) is 0 Å². The molecule has 0 spiro atoms. The Morgan fingerprint density at radius 2 is 2.19 bits per heavy atom. The molecular weight excluding hydrogens is 304 g/mol. The van der Waals surface area contributed by atoms with Crippen LogP contribution in [0, 0.1) is 0 Å². The number of thioether (sulfide) groups is 1. The third-order valence-corrected chi connectivity index (χ3v) is 4.29. The van der Waals surface area contributed by atoms with E-state index in [-0.39, 0.29) is 0 Å². The second kappa shape index (κ2) is 8.74. The zero-order valence-corrected chi connectivity index (χ0v) is 13.5. The maximum absolute atomic E-state index is 5.87. The Labute approximate surface area is 134 Å². The summed E-state index contributed by atoms with van der Waals surface area (Å²) in [6, 6.07) is 7.84. The first kappa shape index (κ1) is 15.9. The van der Waals surface area contributed by atoms with Gasteiger partial charge in [-0.15, -0.1) is 0 Å². The van der Waals surface area contributed by atoms with Gasteiger partial charge in [0, 0.05) is 36.3 Å². The second-order valence-corrected chi connectivity index (χ2v) is 6.06. The van der Waals surface area contributed by atoms with Crippen LogP contribution in [-0.2, 0) is 13.0 Å². The van der Waals surface area contributed by atoms with Gasteiger partial charge < -0.3 is 10.3 Å². The summed E-state index contributed by atoms with van der Waals surface area (Å²) in [5, 5.41) is 5.08. The van der Waals surface area contributed by atoms with Gasteiger partial charge in [0.1, 0.15) is 0 Å². The number of aromatic amines is 1. The zero-order chi connectivity index (χ0) is 14.9. The average molecular weight is 323 g/mol. The van der Waals surface area contributed by atoms with E-state index in [4.69, 9.17) is 11.6 Å². The van der Waals surface area contributed by atoms with Crippen molar-refractivity contribution in [2.24, 2.45) is 4.99 Å². The van der Waals surface area contributed by atoms with Crippen molar-refractivity contribution in [2.75, 3.05) is 12.8 Å². The van der Waals surface area contributed by atoms with Gasteiger partial charge in [-0.25, -0.2) is 4.98 Å². The summed E-state index contributed by atoms with van der Waals surface area (Å²) in [6.07, 6.45) is 5.70. The number of aliphatic imine (C=N–C) groups is 1. The molecule has 0 aliphatic rings. The van der Waals surface area contributed by atoms with E-state index in [0.29, 0.717) is 0 Å². The van der Waals surface area contributed by atoms with E-state index >= 15 is 0 Å². The molecule has 1 heterocycles. The van der Waals surface area contributed by atoms with E-state index in [9.17, 15) is 0 Å². The lowest BCUT2D eigenvalue weighted by atomic mass is 10.2. The maximum Gasteiger partial charge on any atom is 0.156 e. The monoisotopic (exact) mass is 322 g/mol. The Kier molecular flexibility index (Phi) is 6.63. The molecule has 0 saturated heterocycles. The summed E-state index contributed by atoms with van der Waals surface area (Å²) in [5.74, 6) is 1.03. The quantitative estimate of drug-likeness (QED) is 0.486. The summed E-state index contributed by atoms with van der Waals surface area (Å²) >= 11 is 7.62. The Balaban J connectivity index is 1.67. The van der Waals surface area contributed by atoms with E-state index in [1.165, 1.54) is 11.3 Å². The molecule has 0 radical (unpaired) electrons. The summed E-state index contributed by atoms with van der Waals surface area (Å²) in [7, 11) is 1.81. The molecule has 2 N–H and O–H groups in total. The first-order chi connectivity index (χ1) is 10.3. The highest BCUT2D eigenvalue weighted by molar-refractivity contribution is 8.13. The molecular formula is C15H19ClN4S. The van der Waals surface area contributed by atoms with Crippen molar-refractivity contribution in [2.45, 2.75) is 19.4 Å². The third-order valence-electron chi connectivity index (χ3n) is 2.94. The number of H-pyrrole nitrogens is 1. The highest BCUT2D eigenvalue weighted by Gasteiger charge is 2.01. The van der Waals surface area contributed by atoms with Crippen LogP contribution in [0.25, 0.3) is 0 Å². The van der Waals surface area contributed by atoms with Crippen molar-refractivity contribution >= 4 is 28.5 Å². The maximum atomic E-state index is 5.87. The number of hydrogen-bond acceptors (Lipinski definition) is 3. The predicted molar refractivity (Wildman–Crippen MR) is 91.0 cm³/mol. The third kappa shape index (κ3) is 5.81. The molecule has 2 aromatic rings. The van der Waals surface area contributed by atoms with Crippen molar-refractivity contribution in [1.82, 2.24) is 15.3 Å². The smallest absolute Gasteiger partial charge is 0.156 e. The lowest BCUT2D eigenvalue weighted by Crippen LogP contribution is -2.20. The number of hydrogen-bond donors (Lipinski definition) is 2. The molecule has 0 unspecified atom stereocenters. The molecule has 0 aliphatic carbocycles. The van der Waals surface area contributed by atoms with Crippen LogP contribution in [0.1, 0.15) is 17.7 Å². The zero-order valence-electron chi connectivity index (χ0n) is 12.0. The Bertz CT molecular complexity index is 552. The predicted octanol–water partition coefficient (Wildman–Crippen LogP) is 3.50. The van der Waals surface area contributed by atoms with Crippen LogP contribution in [0.2, 0.25) is 5.02 Å². The molecule has 4 nitrogen and oxygen atoms in total. The fraction of sp³-hybridized carbons (Fsp3) is 0.333. The SMILES string of the molecule is CN=C(NCc1ccc(Cl)cc1)SCCCc1cnc[nH]1. The molecule has 1 aromatic carbocycles. The Hall–Kier alpha value is -1.46. The average Bonchev–Trinajstić information content (AvgIpc) is 3.01. The number of benzene rings is 1. The number of rotatable bonds is 6. The molecule has 112 valence electrons. The number of nitrogens with one attached hydrogen (secondary N) is 2. The second-order valence-electron chi connectivity index (χ2n) is 4.54. The molecule has 2 rings (SSSR count). The van der Waals surface area contributed by atoms with Gasteiger partial charge in [0.15, 0.2) is 5.17 Å². The molecule has 0 aliphatic heterocycles. The minimum Gasteiger partial charge on any atom is -0.361 e. The minimum atomic E-state index is 0.760. The van der Waals surface area contributed by atoms with Crippen LogP contribution in [0.4, 0.5) is 0 Å². The lowest BCUT2D eigenvalue weighted by molar-refractivity contribution is 0.900. The largest absolute Gasteiger partial charge is 0.361 e. The number of aryl methyl sites for hydroxylation is 1. The lowest BCUT2D eigenvalue weighted by Gasteiger charge is -2.09. The molecule has 0 fully saturated rings. The topological polar surface area (TPSA) is 53.1 Å². The molecule has 0 bridgehead atoms. The highest BCUT2D eigenvalue weighted by Crippen LogP contribution is 2.11. The number of nitrogens with zero attached hydrogens (tertiary/aromatic N) is 2. The van der Waals surface area contributed by atoms with Gasteiger partial charge in [-0.3, -0.25) is 4.99 Å². The highest BCUT2D eigenvalue weighted by atomic mass is 35.5. The van der Waals surface area contributed by atoms with Crippen LogP contribution in [0.5, 0.6) is 0 Å². The first-order valence-electron chi connectivity index (χ1n) is 6.83. The fourth-order valence-electron chi connectivity index (χ4n) is 1.83. The van der Waals surface area contributed by atoms with Crippen LogP contribution in [0.15, 0.2) is 41.8 Å². The molecule has 0 saturated carbocycles. The number of halogens is 1. The van der Waals surface area contributed by atoms with Gasteiger partial charge in [-0.1, -0.05) is 35.5 Å². The van der Waals surface area contributed by atoms with Crippen LogP contribution in [-0.4, -0.2) is 27.9 Å². The standard InChI is InChI=1S/C15H19ClN4S/c1-17-15(19-9-12-4-6-13(16)7-5-12)21-8-2-3-14-10-18-11-20-14/h4-7,10-11H,2-3,8-9H2,1H3,(H,17,19)(H,18,20). The molecule has 21 heavy (non-hydrogen) atoms. The van der Waals surface area contributed by atoms with Gasteiger partial charge in [0.2, 0.25) is 0 Å². The molecule has 0 atom stereocenters. The van der Waals surface area contributed by atoms with Crippen molar-refractivity contribution in [3.8, 4) is 0 Å². The fourth-order valence-corrected chi connectivity index (χ4v) is 2.74.